The number of carbonyl (C=O) groups excluding carboxylic acids is 2. The van der Waals surface area contributed by atoms with Crippen LogP contribution in [-0.4, -0.2) is 44.9 Å². The van der Waals surface area contributed by atoms with Crippen LogP contribution in [0.5, 0.6) is 0 Å². The monoisotopic (exact) mass is 443 g/mol. The maximum Gasteiger partial charge on any atom is 0.407 e. The van der Waals surface area contributed by atoms with E-state index in [1.165, 1.54) is 0 Å². The van der Waals surface area contributed by atoms with Gasteiger partial charge >= 0.3 is 12.1 Å². The van der Waals surface area contributed by atoms with Gasteiger partial charge in [-0.25, -0.2) is 9.59 Å². The second kappa shape index (κ2) is 14.1. The number of alkyl carbamates (subject to hydrolysis) is 1. The third kappa shape index (κ3) is 12.0. The van der Waals surface area contributed by atoms with Gasteiger partial charge in [-0.2, -0.15) is 5.26 Å². The van der Waals surface area contributed by atoms with E-state index in [0.29, 0.717) is 13.2 Å². The molecule has 1 aromatic carbocycles. The smallest absolute Gasteiger partial charge is 0.407 e. The average molecular weight is 444 g/mol. The fourth-order valence-electron chi connectivity index (χ4n) is 2.85. The van der Waals surface area contributed by atoms with Crippen LogP contribution in [0.1, 0.15) is 64.9 Å². The lowest BCUT2D eigenvalue weighted by Gasteiger charge is -2.19. The Morgan fingerprint density at radius 2 is 1.62 bits per heavy atom. The van der Waals surface area contributed by atoms with Crippen molar-refractivity contribution in [3.63, 3.8) is 0 Å². The SMILES string of the molecule is CN(C)c1ccc(/C=C(\C#N)C(=O)OCCCCCCCCNC(=O)OC(C)(C)C)cc1. The minimum absolute atomic E-state index is 0.0000836. The first-order valence-electron chi connectivity index (χ1n) is 11.2. The Morgan fingerprint density at radius 1 is 1.03 bits per heavy atom. The normalized spacial score (nSPS) is 11.4. The Kier molecular flexibility index (Phi) is 11.9. The summed E-state index contributed by atoms with van der Waals surface area (Å²) in [6.07, 6.45) is 6.88. The number of ether oxygens (including phenoxy) is 2. The predicted molar refractivity (Wildman–Crippen MR) is 127 cm³/mol. The Balaban J connectivity index is 2.17. The van der Waals surface area contributed by atoms with Gasteiger partial charge in [0.05, 0.1) is 6.61 Å². The summed E-state index contributed by atoms with van der Waals surface area (Å²) < 4.78 is 10.4. The molecule has 0 saturated heterocycles. The molecule has 0 fully saturated rings. The molecule has 0 bridgehead atoms. The molecular weight excluding hydrogens is 406 g/mol. The molecule has 0 radical (unpaired) electrons. The molecule has 0 aliphatic heterocycles. The van der Waals surface area contributed by atoms with E-state index >= 15 is 0 Å². The first-order valence-corrected chi connectivity index (χ1v) is 11.2. The van der Waals surface area contributed by atoms with Crippen LogP contribution >= 0.6 is 0 Å². The summed E-state index contributed by atoms with van der Waals surface area (Å²) in [5, 5.41) is 12.0. The molecule has 1 rings (SSSR count). The first-order chi connectivity index (χ1) is 15.1. The molecule has 0 atom stereocenters. The summed E-state index contributed by atoms with van der Waals surface area (Å²) in [6, 6.07) is 9.51. The average Bonchev–Trinajstić information content (AvgIpc) is 2.72. The predicted octanol–water partition coefficient (Wildman–Crippen LogP) is 5.07. The number of hydrogen-bond donors (Lipinski definition) is 1. The highest BCUT2D eigenvalue weighted by Crippen LogP contribution is 2.15. The molecule has 0 aliphatic carbocycles. The molecule has 1 N–H and O–H groups in total. The van der Waals surface area contributed by atoms with Gasteiger partial charge in [-0.1, -0.05) is 37.8 Å². The molecule has 7 nitrogen and oxygen atoms in total. The van der Waals surface area contributed by atoms with E-state index in [0.717, 1.165) is 49.8 Å². The second-order valence-electron chi connectivity index (χ2n) is 8.84. The third-order valence-electron chi connectivity index (χ3n) is 4.53. The maximum absolute atomic E-state index is 12.1. The molecule has 0 aromatic heterocycles. The Morgan fingerprint density at radius 3 is 2.19 bits per heavy atom. The van der Waals surface area contributed by atoms with Crippen molar-refractivity contribution in [2.45, 2.75) is 64.9 Å². The van der Waals surface area contributed by atoms with Gasteiger partial charge in [0, 0.05) is 26.3 Å². The zero-order valence-electron chi connectivity index (χ0n) is 20.1. The van der Waals surface area contributed by atoms with Crippen molar-refractivity contribution in [1.29, 1.82) is 5.26 Å². The maximum atomic E-state index is 12.1. The fraction of sp³-hybridized carbons (Fsp3) is 0.560. The van der Waals surface area contributed by atoms with E-state index in [1.54, 1.807) is 6.08 Å². The van der Waals surface area contributed by atoms with Gasteiger partial charge in [-0.15, -0.1) is 0 Å². The van der Waals surface area contributed by atoms with E-state index in [4.69, 9.17) is 9.47 Å². The van der Waals surface area contributed by atoms with Gasteiger partial charge in [-0.3, -0.25) is 0 Å². The summed E-state index contributed by atoms with van der Waals surface area (Å²) in [4.78, 5) is 25.6. The van der Waals surface area contributed by atoms with E-state index < -0.39 is 11.6 Å². The zero-order chi connectivity index (χ0) is 24.0. The lowest BCUT2D eigenvalue weighted by atomic mass is 10.1. The van der Waals surface area contributed by atoms with Gasteiger partial charge < -0.3 is 19.7 Å². The lowest BCUT2D eigenvalue weighted by Crippen LogP contribution is -2.32. The summed E-state index contributed by atoms with van der Waals surface area (Å²) in [7, 11) is 3.90. The number of nitriles is 1. The number of carbonyl (C=O) groups is 2. The van der Waals surface area contributed by atoms with Gasteiger partial charge in [0.1, 0.15) is 17.2 Å². The zero-order valence-corrected chi connectivity index (χ0v) is 20.1. The van der Waals surface area contributed by atoms with Crippen molar-refractivity contribution in [2.24, 2.45) is 0 Å². The molecule has 1 amide bonds. The number of nitrogens with zero attached hydrogens (tertiary/aromatic N) is 2. The van der Waals surface area contributed by atoms with Crippen molar-refractivity contribution >= 4 is 23.8 Å². The second-order valence-corrected chi connectivity index (χ2v) is 8.84. The van der Waals surface area contributed by atoms with Crippen LogP contribution in [0.4, 0.5) is 10.5 Å². The number of benzene rings is 1. The highest BCUT2D eigenvalue weighted by Gasteiger charge is 2.15. The summed E-state index contributed by atoms with van der Waals surface area (Å²) in [5.41, 5.74) is 1.35. The Labute approximate surface area is 192 Å². The largest absolute Gasteiger partial charge is 0.462 e. The van der Waals surface area contributed by atoms with Crippen molar-refractivity contribution < 1.29 is 19.1 Å². The van der Waals surface area contributed by atoms with Crippen LogP contribution in [0.15, 0.2) is 29.8 Å². The van der Waals surface area contributed by atoms with E-state index in [9.17, 15) is 14.9 Å². The number of anilines is 1. The summed E-state index contributed by atoms with van der Waals surface area (Å²) in [5.74, 6) is -0.586. The molecule has 0 aliphatic rings. The molecule has 0 heterocycles. The minimum atomic E-state index is -0.586. The topological polar surface area (TPSA) is 91.7 Å². The first kappa shape index (κ1) is 27.0. The number of amides is 1. The standard InChI is InChI=1S/C25H37N3O4/c1-25(2,3)32-24(30)27-16-10-8-6-7-9-11-17-31-23(29)21(19-26)18-20-12-14-22(15-13-20)28(4)5/h12-15,18H,6-11,16-17H2,1-5H3,(H,27,30)/b21-18+. The summed E-state index contributed by atoms with van der Waals surface area (Å²) in [6.45, 7) is 6.42. The van der Waals surface area contributed by atoms with Crippen LogP contribution in [0.2, 0.25) is 0 Å². The lowest BCUT2D eigenvalue weighted by molar-refractivity contribution is -0.138. The Bertz CT molecular complexity index is 787. The molecule has 176 valence electrons. The van der Waals surface area contributed by atoms with Crippen molar-refractivity contribution in [3.05, 3.63) is 35.4 Å². The van der Waals surface area contributed by atoms with Crippen molar-refractivity contribution in [3.8, 4) is 6.07 Å². The van der Waals surface area contributed by atoms with Crippen LogP contribution < -0.4 is 10.2 Å². The molecule has 1 aromatic rings. The third-order valence-corrected chi connectivity index (χ3v) is 4.53. The number of esters is 1. The van der Waals surface area contributed by atoms with Crippen LogP contribution in [0.25, 0.3) is 6.08 Å². The minimum Gasteiger partial charge on any atom is -0.462 e. The number of nitrogens with one attached hydrogen (secondary N) is 1. The number of unbranched alkanes of at least 4 members (excludes halogenated alkanes) is 5. The van der Waals surface area contributed by atoms with Crippen LogP contribution in [0.3, 0.4) is 0 Å². The van der Waals surface area contributed by atoms with Gasteiger partial charge in [0.2, 0.25) is 0 Å². The molecule has 7 heteroatoms. The van der Waals surface area contributed by atoms with Crippen LogP contribution in [0, 0.1) is 11.3 Å². The Hall–Kier alpha value is -3.01. The number of hydrogen-bond acceptors (Lipinski definition) is 6. The molecule has 0 saturated carbocycles. The van der Waals surface area contributed by atoms with Gasteiger partial charge in [0.25, 0.3) is 0 Å². The molecule has 32 heavy (non-hydrogen) atoms. The van der Waals surface area contributed by atoms with Crippen LogP contribution in [-0.2, 0) is 14.3 Å². The van der Waals surface area contributed by atoms with Crippen molar-refractivity contribution in [1.82, 2.24) is 5.32 Å². The van der Waals surface area contributed by atoms with Gasteiger partial charge in [0.15, 0.2) is 0 Å². The highest BCUT2D eigenvalue weighted by atomic mass is 16.6. The summed E-state index contributed by atoms with van der Waals surface area (Å²) >= 11 is 0. The fourth-order valence-corrected chi connectivity index (χ4v) is 2.85. The van der Waals surface area contributed by atoms with E-state index in [2.05, 4.69) is 5.32 Å². The molecule has 0 spiro atoms. The van der Waals surface area contributed by atoms with Gasteiger partial charge in [-0.05, 0) is 57.4 Å². The quantitative estimate of drug-likeness (QED) is 0.210. The number of rotatable bonds is 12. The highest BCUT2D eigenvalue weighted by molar-refractivity contribution is 5.97. The van der Waals surface area contributed by atoms with E-state index in [-0.39, 0.29) is 11.7 Å². The molecule has 0 unspecified atom stereocenters. The molecular formula is C25H37N3O4. The van der Waals surface area contributed by atoms with Crippen molar-refractivity contribution in [2.75, 3.05) is 32.1 Å². The van der Waals surface area contributed by atoms with E-state index in [1.807, 2.05) is 70.1 Å².